The predicted octanol–water partition coefficient (Wildman–Crippen LogP) is 1.45. The number of carboxylic acids is 1. The summed E-state index contributed by atoms with van der Waals surface area (Å²) >= 11 is 0. The topological polar surface area (TPSA) is 78.9 Å². The summed E-state index contributed by atoms with van der Waals surface area (Å²) in [6.07, 6.45) is 2.68. The molecule has 6 nitrogen and oxygen atoms in total. The minimum atomic E-state index is -0.799. The van der Waals surface area contributed by atoms with E-state index in [2.05, 4.69) is 5.32 Å². The Bertz CT molecular complexity index is 393. The van der Waals surface area contributed by atoms with Crippen LogP contribution in [0.25, 0.3) is 0 Å². The van der Waals surface area contributed by atoms with E-state index < -0.39 is 11.4 Å². The van der Waals surface area contributed by atoms with Crippen molar-refractivity contribution >= 4 is 12.0 Å². The molecule has 0 aromatic carbocycles. The van der Waals surface area contributed by atoms with Crippen LogP contribution in [0.4, 0.5) is 4.79 Å². The van der Waals surface area contributed by atoms with Gasteiger partial charge in [0.05, 0.1) is 5.41 Å². The van der Waals surface area contributed by atoms with Gasteiger partial charge in [0.25, 0.3) is 0 Å². The Morgan fingerprint density at radius 2 is 1.95 bits per heavy atom. The maximum Gasteiger partial charge on any atom is 0.317 e. The van der Waals surface area contributed by atoms with Crippen molar-refractivity contribution in [2.45, 2.75) is 45.1 Å². The van der Waals surface area contributed by atoms with Crippen molar-refractivity contribution < 1.29 is 19.4 Å². The first kappa shape index (κ1) is 15.1. The average molecular weight is 284 g/mol. The summed E-state index contributed by atoms with van der Waals surface area (Å²) < 4.78 is 5.31. The van der Waals surface area contributed by atoms with Crippen molar-refractivity contribution in [3.63, 3.8) is 0 Å². The average Bonchev–Trinajstić information content (AvgIpc) is 2.85. The van der Waals surface area contributed by atoms with E-state index in [0.717, 1.165) is 12.8 Å². The zero-order valence-electron chi connectivity index (χ0n) is 12.3. The zero-order chi connectivity index (χ0) is 14.8. The zero-order valence-corrected chi connectivity index (χ0v) is 12.3. The van der Waals surface area contributed by atoms with E-state index in [1.165, 1.54) is 0 Å². The van der Waals surface area contributed by atoms with Crippen LogP contribution in [-0.2, 0) is 9.53 Å². The Hall–Kier alpha value is -1.30. The summed E-state index contributed by atoms with van der Waals surface area (Å²) in [5.74, 6) is -0.799. The maximum absolute atomic E-state index is 12.3. The van der Waals surface area contributed by atoms with E-state index in [1.54, 1.807) is 4.90 Å². The molecule has 2 N–H and O–H groups in total. The van der Waals surface area contributed by atoms with Gasteiger partial charge >= 0.3 is 12.0 Å². The summed E-state index contributed by atoms with van der Waals surface area (Å²) in [6.45, 7) is 6.02. The van der Waals surface area contributed by atoms with Gasteiger partial charge in [-0.05, 0) is 32.6 Å². The molecule has 114 valence electrons. The Morgan fingerprint density at radius 1 is 1.30 bits per heavy atom. The lowest BCUT2D eigenvalue weighted by atomic mass is 9.84. The molecule has 0 radical (unpaired) electrons. The monoisotopic (exact) mass is 284 g/mol. The molecule has 1 atom stereocenters. The first-order valence-electron chi connectivity index (χ1n) is 7.29. The molecular weight excluding hydrogens is 260 g/mol. The van der Waals surface area contributed by atoms with Crippen LogP contribution in [0.1, 0.15) is 39.5 Å². The number of ether oxygens (including phenoxy) is 1. The standard InChI is InChI=1S/C14H24N2O4/c1-3-14(11(17)18)4-7-16(10-14)12(19)15-13(2)5-8-20-9-6-13/h3-10H2,1-2H3,(H,15,19)(H,17,18). The second kappa shape index (κ2) is 5.60. The van der Waals surface area contributed by atoms with Crippen molar-refractivity contribution in [2.75, 3.05) is 26.3 Å². The fourth-order valence-corrected chi connectivity index (χ4v) is 2.94. The van der Waals surface area contributed by atoms with E-state index in [0.29, 0.717) is 39.1 Å². The van der Waals surface area contributed by atoms with Gasteiger partial charge in [-0.2, -0.15) is 0 Å². The maximum atomic E-state index is 12.3. The molecule has 20 heavy (non-hydrogen) atoms. The number of nitrogens with zero attached hydrogens (tertiary/aromatic N) is 1. The first-order chi connectivity index (χ1) is 9.41. The Kier molecular flexibility index (Phi) is 4.22. The predicted molar refractivity (Wildman–Crippen MR) is 73.5 cm³/mol. The Labute approximate surface area is 119 Å². The molecule has 0 aromatic heterocycles. The van der Waals surface area contributed by atoms with Gasteiger partial charge in [0, 0.05) is 31.8 Å². The summed E-state index contributed by atoms with van der Waals surface area (Å²) in [6, 6.07) is -0.147. The van der Waals surface area contributed by atoms with Gasteiger partial charge in [0.2, 0.25) is 0 Å². The number of hydrogen-bond donors (Lipinski definition) is 2. The van der Waals surface area contributed by atoms with Gasteiger partial charge < -0.3 is 20.1 Å². The molecule has 0 aliphatic carbocycles. The molecule has 2 saturated heterocycles. The van der Waals surface area contributed by atoms with Crippen molar-refractivity contribution in [3.8, 4) is 0 Å². The van der Waals surface area contributed by atoms with Gasteiger partial charge in [-0.25, -0.2) is 4.79 Å². The first-order valence-corrected chi connectivity index (χ1v) is 7.29. The van der Waals surface area contributed by atoms with Crippen LogP contribution in [0.5, 0.6) is 0 Å². The minimum absolute atomic E-state index is 0.147. The van der Waals surface area contributed by atoms with Gasteiger partial charge in [-0.3, -0.25) is 4.79 Å². The second-order valence-corrected chi connectivity index (χ2v) is 6.21. The fourth-order valence-electron chi connectivity index (χ4n) is 2.94. The highest BCUT2D eigenvalue weighted by molar-refractivity contribution is 5.80. The summed E-state index contributed by atoms with van der Waals surface area (Å²) in [5.41, 5.74) is -1.01. The van der Waals surface area contributed by atoms with E-state index in [9.17, 15) is 14.7 Å². The molecule has 0 spiro atoms. The number of urea groups is 1. The lowest BCUT2D eigenvalue weighted by Crippen LogP contribution is -2.54. The molecule has 6 heteroatoms. The van der Waals surface area contributed by atoms with E-state index in [1.807, 2.05) is 13.8 Å². The molecule has 2 aliphatic heterocycles. The van der Waals surface area contributed by atoms with Crippen LogP contribution in [-0.4, -0.2) is 53.8 Å². The molecule has 1 unspecified atom stereocenters. The molecule has 2 heterocycles. The number of amides is 2. The van der Waals surface area contributed by atoms with Gasteiger partial charge in [0.15, 0.2) is 0 Å². The molecule has 2 fully saturated rings. The van der Waals surface area contributed by atoms with E-state index >= 15 is 0 Å². The Morgan fingerprint density at radius 3 is 2.45 bits per heavy atom. The smallest absolute Gasteiger partial charge is 0.317 e. The molecule has 0 aromatic rings. The van der Waals surface area contributed by atoms with Gasteiger partial charge in [-0.15, -0.1) is 0 Å². The third kappa shape index (κ3) is 2.90. The van der Waals surface area contributed by atoms with Crippen LogP contribution in [0, 0.1) is 5.41 Å². The fraction of sp³-hybridized carbons (Fsp3) is 0.857. The van der Waals surface area contributed by atoms with Crippen LogP contribution >= 0.6 is 0 Å². The van der Waals surface area contributed by atoms with Crippen LogP contribution in [0.2, 0.25) is 0 Å². The molecule has 2 aliphatic rings. The van der Waals surface area contributed by atoms with Crippen LogP contribution in [0.3, 0.4) is 0 Å². The lowest BCUT2D eigenvalue weighted by Gasteiger charge is -2.36. The normalized spacial score (nSPS) is 29.2. The van der Waals surface area contributed by atoms with E-state index in [4.69, 9.17) is 4.74 Å². The number of likely N-dealkylation sites (tertiary alicyclic amines) is 1. The summed E-state index contributed by atoms with van der Waals surface area (Å²) in [7, 11) is 0. The second-order valence-electron chi connectivity index (χ2n) is 6.21. The SMILES string of the molecule is CCC1(C(=O)O)CCN(C(=O)NC2(C)CCOCC2)C1. The number of carboxylic acid groups (broad SMARTS) is 1. The number of rotatable bonds is 3. The quantitative estimate of drug-likeness (QED) is 0.822. The number of nitrogens with one attached hydrogen (secondary N) is 1. The molecule has 2 rings (SSSR count). The van der Waals surface area contributed by atoms with Gasteiger partial charge in [0.1, 0.15) is 0 Å². The highest BCUT2D eigenvalue weighted by Crippen LogP contribution is 2.34. The highest BCUT2D eigenvalue weighted by Gasteiger charge is 2.45. The van der Waals surface area contributed by atoms with Crippen molar-refractivity contribution in [3.05, 3.63) is 0 Å². The number of carbonyl (C=O) groups excluding carboxylic acids is 1. The van der Waals surface area contributed by atoms with Crippen LogP contribution < -0.4 is 5.32 Å². The largest absolute Gasteiger partial charge is 0.481 e. The number of aliphatic carboxylic acids is 1. The summed E-state index contributed by atoms with van der Waals surface area (Å²) in [4.78, 5) is 25.4. The van der Waals surface area contributed by atoms with Crippen LogP contribution in [0.15, 0.2) is 0 Å². The van der Waals surface area contributed by atoms with Gasteiger partial charge in [-0.1, -0.05) is 6.92 Å². The van der Waals surface area contributed by atoms with Crippen molar-refractivity contribution in [2.24, 2.45) is 5.41 Å². The minimum Gasteiger partial charge on any atom is -0.481 e. The van der Waals surface area contributed by atoms with Crippen molar-refractivity contribution in [1.82, 2.24) is 10.2 Å². The molecule has 0 saturated carbocycles. The van der Waals surface area contributed by atoms with Crippen molar-refractivity contribution in [1.29, 1.82) is 0 Å². The van der Waals surface area contributed by atoms with E-state index in [-0.39, 0.29) is 11.6 Å². The number of carbonyl (C=O) groups is 2. The lowest BCUT2D eigenvalue weighted by molar-refractivity contribution is -0.148. The highest BCUT2D eigenvalue weighted by atomic mass is 16.5. The molecule has 2 amide bonds. The molecule has 0 bridgehead atoms. The Balaban J connectivity index is 1.96. The molecular formula is C14H24N2O4. The number of hydrogen-bond acceptors (Lipinski definition) is 3. The third-order valence-corrected chi connectivity index (χ3v) is 4.78. The summed E-state index contributed by atoms with van der Waals surface area (Å²) in [5, 5.41) is 12.4. The third-order valence-electron chi connectivity index (χ3n) is 4.78.